The van der Waals surface area contributed by atoms with E-state index in [9.17, 15) is 9.18 Å². The van der Waals surface area contributed by atoms with Crippen molar-refractivity contribution >= 4 is 17.7 Å². The van der Waals surface area contributed by atoms with Crippen molar-refractivity contribution in [3.05, 3.63) is 30.1 Å². The molecule has 1 fully saturated rings. The fourth-order valence-corrected chi connectivity index (χ4v) is 2.67. The SMILES string of the molecule is C[C@H]1C[C@H](Sc2ccccc2F)C(=O)O1. The van der Waals surface area contributed by atoms with E-state index in [0.29, 0.717) is 11.3 Å². The van der Waals surface area contributed by atoms with Crippen LogP contribution in [0.1, 0.15) is 13.3 Å². The van der Waals surface area contributed by atoms with E-state index in [-0.39, 0.29) is 23.1 Å². The molecule has 0 aliphatic carbocycles. The Morgan fingerprint density at radius 3 is 2.80 bits per heavy atom. The maximum Gasteiger partial charge on any atom is 0.319 e. The van der Waals surface area contributed by atoms with E-state index in [4.69, 9.17) is 4.74 Å². The molecule has 0 bridgehead atoms. The summed E-state index contributed by atoms with van der Waals surface area (Å²) in [6, 6.07) is 6.46. The van der Waals surface area contributed by atoms with E-state index in [0.717, 1.165) is 0 Å². The number of cyclic esters (lactones) is 1. The second-order valence-corrected chi connectivity index (χ2v) is 4.76. The average molecular weight is 226 g/mol. The predicted molar refractivity (Wildman–Crippen MR) is 56.2 cm³/mol. The van der Waals surface area contributed by atoms with Gasteiger partial charge in [0.15, 0.2) is 0 Å². The van der Waals surface area contributed by atoms with Gasteiger partial charge in [-0.2, -0.15) is 0 Å². The number of benzene rings is 1. The minimum Gasteiger partial charge on any atom is -0.462 e. The lowest BCUT2D eigenvalue weighted by Gasteiger charge is -2.05. The fourth-order valence-electron chi connectivity index (χ4n) is 1.51. The van der Waals surface area contributed by atoms with Crippen LogP contribution in [0.25, 0.3) is 0 Å². The second kappa shape index (κ2) is 4.23. The first kappa shape index (κ1) is 10.5. The van der Waals surface area contributed by atoms with Crippen LogP contribution in [0.4, 0.5) is 4.39 Å². The second-order valence-electron chi connectivity index (χ2n) is 3.52. The van der Waals surface area contributed by atoms with Crippen LogP contribution >= 0.6 is 11.8 Å². The van der Waals surface area contributed by atoms with Gasteiger partial charge in [-0.05, 0) is 19.1 Å². The third-order valence-electron chi connectivity index (χ3n) is 2.23. The van der Waals surface area contributed by atoms with Gasteiger partial charge in [-0.1, -0.05) is 12.1 Å². The Balaban J connectivity index is 2.09. The first-order chi connectivity index (χ1) is 7.16. The zero-order valence-electron chi connectivity index (χ0n) is 8.27. The summed E-state index contributed by atoms with van der Waals surface area (Å²) in [6.45, 7) is 1.85. The van der Waals surface area contributed by atoms with Gasteiger partial charge in [0.25, 0.3) is 0 Å². The molecule has 0 unspecified atom stereocenters. The molecule has 0 saturated carbocycles. The van der Waals surface area contributed by atoms with Crippen molar-refractivity contribution in [1.82, 2.24) is 0 Å². The maximum absolute atomic E-state index is 13.3. The van der Waals surface area contributed by atoms with Gasteiger partial charge in [-0.15, -0.1) is 11.8 Å². The van der Waals surface area contributed by atoms with Crippen LogP contribution in [-0.4, -0.2) is 17.3 Å². The molecule has 0 N–H and O–H groups in total. The molecule has 0 amide bonds. The molecule has 2 atom stereocenters. The molecular weight excluding hydrogens is 215 g/mol. The standard InChI is InChI=1S/C11H11FO2S/c1-7-6-10(11(13)14-7)15-9-5-3-2-4-8(9)12/h2-5,7,10H,6H2,1H3/t7-,10-/m0/s1. The quantitative estimate of drug-likeness (QED) is 0.725. The molecule has 1 saturated heterocycles. The predicted octanol–water partition coefficient (Wildman–Crippen LogP) is 2.62. The molecule has 0 spiro atoms. The lowest BCUT2D eigenvalue weighted by molar-refractivity contribution is -0.140. The molecule has 1 aromatic carbocycles. The number of thioether (sulfide) groups is 1. The summed E-state index contributed by atoms with van der Waals surface area (Å²) < 4.78 is 18.3. The smallest absolute Gasteiger partial charge is 0.319 e. The van der Waals surface area contributed by atoms with Crippen molar-refractivity contribution in [3.8, 4) is 0 Å². The summed E-state index contributed by atoms with van der Waals surface area (Å²) in [7, 11) is 0. The van der Waals surface area contributed by atoms with Crippen LogP contribution in [0, 0.1) is 5.82 Å². The Kier molecular flexibility index (Phi) is 2.95. The van der Waals surface area contributed by atoms with E-state index in [1.54, 1.807) is 18.2 Å². The minimum atomic E-state index is -0.283. The highest BCUT2D eigenvalue weighted by atomic mass is 32.2. The number of halogens is 1. The molecule has 80 valence electrons. The molecule has 1 aromatic rings. The summed E-state index contributed by atoms with van der Waals surface area (Å²) in [5, 5.41) is -0.267. The van der Waals surface area contributed by atoms with E-state index < -0.39 is 0 Å². The van der Waals surface area contributed by atoms with E-state index in [2.05, 4.69) is 0 Å². The summed E-state index contributed by atoms with van der Waals surface area (Å²) >= 11 is 1.24. The van der Waals surface area contributed by atoms with Gasteiger partial charge >= 0.3 is 5.97 Å². The Bertz CT molecular complexity index is 381. The van der Waals surface area contributed by atoms with Crippen molar-refractivity contribution < 1.29 is 13.9 Å². The fraction of sp³-hybridized carbons (Fsp3) is 0.364. The number of carbonyl (C=O) groups excluding carboxylic acids is 1. The van der Waals surface area contributed by atoms with Gasteiger partial charge in [0.2, 0.25) is 0 Å². The van der Waals surface area contributed by atoms with Gasteiger partial charge in [0.1, 0.15) is 17.2 Å². The molecule has 2 nitrogen and oxygen atoms in total. The van der Waals surface area contributed by atoms with E-state index >= 15 is 0 Å². The topological polar surface area (TPSA) is 26.3 Å². The Labute approximate surface area is 91.8 Å². The van der Waals surface area contributed by atoms with Gasteiger partial charge in [-0.3, -0.25) is 4.79 Å². The number of ether oxygens (including phenoxy) is 1. The summed E-state index contributed by atoms with van der Waals surface area (Å²) in [4.78, 5) is 11.8. The molecule has 0 radical (unpaired) electrons. The first-order valence-corrected chi connectivity index (χ1v) is 5.66. The van der Waals surface area contributed by atoms with E-state index in [1.807, 2.05) is 6.92 Å². The lowest BCUT2D eigenvalue weighted by atomic mass is 10.3. The number of rotatable bonds is 2. The third kappa shape index (κ3) is 2.31. The largest absolute Gasteiger partial charge is 0.462 e. The third-order valence-corrected chi connectivity index (χ3v) is 3.49. The molecule has 0 aromatic heterocycles. The van der Waals surface area contributed by atoms with Crippen molar-refractivity contribution in [3.63, 3.8) is 0 Å². The van der Waals surface area contributed by atoms with Gasteiger partial charge in [0.05, 0.1) is 0 Å². The van der Waals surface area contributed by atoms with Crippen LogP contribution in [0.5, 0.6) is 0 Å². The summed E-state index contributed by atoms with van der Waals surface area (Å²) in [5.41, 5.74) is 0. The van der Waals surface area contributed by atoms with Crippen molar-refractivity contribution in [2.24, 2.45) is 0 Å². The van der Waals surface area contributed by atoms with E-state index in [1.165, 1.54) is 17.8 Å². The lowest BCUT2D eigenvalue weighted by Crippen LogP contribution is -2.09. The highest BCUT2D eigenvalue weighted by Crippen LogP contribution is 2.33. The zero-order chi connectivity index (χ0) is 10.8. The number of esters is 1. The van der Waals surface area contributed by atoms with Crippen molar-refractivity contribution in [2.45, 2.75) is 29.6 Å². The molecular formula is C11H11FO2S. The average Bonchev–Trinajstić information content (AvgIpc) is 2.49. The highest BCUT2D eigenvalue weighted by Gasteiger charge is 2.32. The minimum absolute atomic E-state index is 0.0539. The monoisotopic (exact) mass is 226 g/mol. The molecule has 1 aliphatic heterocycles. The normalized spacial score (nSPS) is 25.3. The molecule has 1 heterocycles. The highest BCUT2D eigenvalue weighted by molar-refractivity contribution is 8.00. The Morgan fingerprint density at radius 2 is 2.20 bits per heavy atom. The van der Waals surface area contributed by atoms with Gasteiger partial charge in [-0.25, -0.2) is 4.39 Å². The number of hydrogen-bond acceptors (Lipinski definition) is 3. The van der Waals surface area contributed by atoms with Crippen molar-refractivity contribution in [2.75, 3.05) is 0 Å². The number of hydrogen-bond donors (Lipinski definition) is 0. The molecule has 2 rings (SSSR count). The van der Waals surface area contributed by atoms with Crippen molar-refractivity contribution in [1.29, 1.82) is 0 Å². The summed E-state index contributed by atoms with van der Waals surface area (Å²) in [6.07, 6.45) is 0.597. The molecule has 15 heavy (non-hydrogen) atoms. The van der Waals surface area contributed by atoms with Crippen LogP contribution in [0.15, 0.2) is 29.2 Å². The number of carbonyl (C=O) groups is 1. The van der Waals surface area contributed by atoms with Gasteiger partial charge in [0, 0.05) is 11.3 Å². The summed E-state index contributed by atoms with van der Waals surface area (Å²) in [5.74, 6) is -0.523. The maximum atomic E-state index is 13.3. The molecule has 1 aliphatic rings. The van der Waals surface area contributed by atoms with Crippen LogP contribution in [0.2, 0.25) is 0 Å². The Morgan fingerprint density at radius 1 is 1.47 bits per heavy atom. The van der Waals surface area contributed by atoms with Crippen LogP contribution < -0.4 is 0 Å². The van der Waals surface area contributed by atoms with Crippen LogP contribution in [0.3, 0.4) is 0 Å². The molecule has 4 heteroatoms. The van der Waals surface area contributed by atoms with Crippen LogP contribution in [-0.2, 0) is 9.53 Å². The van der Waals surface area contributed by atoms with Gasteiger partial charge < -0.3 is 4.74 Å². The first-order valence-electron chi connectivity index (χ1n) is 4.78. The Hall–Kier alpha value is -1.03. The zero-order valence-corrected chi connectivity index (χ0v) is 9.09.